The van der Waals surface area contributed by atoms with Crippen LogP contribution >= 0.6 is 22.9 Å². The highest BCUT2D eigenvalue weighted by atomic mass is 35.5. The number of amides is 2. The number of ether oxygens (including phenoxy) is 1. The predicted octanol–water partition coefficient (Wildman–Crippen LogP) is 3.11. The van der Waals surface area contributed by atoms with Crippen LogP contribution in [0.3, 0.4) is 0 Å². The van der Waals surface area contributed by atoms with E-state index in [1.807, 2.05) is 6.92 Å². The van der Waals surface area contributed by atoms with Gasteiger partial charge in [0.05, 0.1) is 42.5 Å². The number of carbonyl (C=O) groups is 2. The fraction of sp³-hybridized carbons (Fsp3) is 0.227. The minimum absolute atomic E-state index is 0.141. The number of nitrogens with zero attached hydrogens (tertiary/aromatic N) is 7. The van der Waals surface area contributed by atoms with Crippen molar-refractivity contribution in [3.05, 3.63) is 63.7 Å². The summed E-state index contributed by atoms with van der Waals surface area (Å²) in [7, 11) is 3.23. The van der Waals surface area contributed by atoms with Crippen molar-refractivity contribution in [2.75, 3.05) is 12.4 Å². The number of pyridine rings is 2. The summed E-state index contributed by atoms with van der Waals surface area (Å²) in [4.78, 5) is 45.2. The maximum atomic E-state index is 13.2. The third-order valence-electron chi connectivity index (χ3n) is 5.38. The first kappa shape index (κ1) is 22.9. The Morgan fingerprint density at radius 3 is 2.69 bits per heavy atom. The maximum Gasteiger partial charge on any atom is 0.294 e. The third-order valence-corrected chi connectivity index (χ3v) is 6.59. The zero-order valence-electron chi connectivity index (χ0n) is 18.9. The summed E-state index contributed by atoms with van der Waals surface area (Å²) in [5.41, 5.74) is 3.04. The lowest BCUT2D eigenvalue weighted by molar-refractivity contribution is 0.0738. The molecule has 0 atom stereocenters. The van der Waals surface area contributed by atoms with Gasteiger partial charge in [-0.2, -0.15) is 0 Å². The van der Waals surface area contributed by atoms with Gasteiger partial charge in [-0.25, -0.2) is 15.0 Å². The zero-order valence-corrected chi connectivity index (χ0v) is 20.5. The molecule has 0 fully saturated rings. The van der Waals surface area contributed by atoms with Crippen LogP contribution in [0.25, 0.3) is 11.1 Å². The van der Waals surface area contributed by atoms with Crippen LogP contribution in [0.1, 0.15) is 37.2 Å². The Bertz CT molecular complexity index is 1440. The summed E-state index contributed by atoms with van der Waals surface area (Å²) < 4.78 is 6.91. The first-order valence-electron chi connectivity index (χ1n) is 10.4. The van der Waals surface area contributed by atoms with Crippen molar-refractivity contribution >= 4 is 39.9 Å². The van der Waals surface area contributed by atoms with E-state index < -0.39 is 0 Å². The van der Waals surface area contributed by atoms with Crippen molar-refractivity contribution in [3.63, 3.8) is 0 Å². The van der Waals surface area contributed by atoms with Gasteiger partial charge < -0.3 is 9.64 Å². The summed E-state index contributed by atoms with van der Waals surface area (Å²) in [6, 6.07) is 3.44. The van der Waals surface area contributed by atoms with Gasteiger partial charge in [0.25, 0.3) is 11.8 Å². The number of aromatic nitrogens is 6. The second-order valence-corrected chi connectivity index (χ2v) is 9.30. The second kappa shape index (κ2) is 9.04. The lowest BCUT2D eigenvalue weighted by Crippen LogP contribution is -2.26. The van der Waals surface area contributed by atoms with E-state index in [-0.39, 0.29) is 22.8 Å². The summed E-state index contributed by atoms with van der Waals surface area (Å²) in [6.07, 6.45) is 4.50. The molecule has 1 aliphatic rings. The van der Waals surface area contributed by atoms with Crippen LogP contribution in [0.5, 0.6) is 5.75 Å². The molecule has 4 aromatic rings. The Balaban J connectivity index is 1.36. The summed E-state index contributed by atoms with van der Waals surface area (Å²) in [5, 5.41) is 7.63. The minimum Gasteiger partial charge on any atom is -0.494 e. The van der Waals surface area contributed by atoms with Gasteiger partial charge in [0.2, 0.25) is 5.82 Å². The Labute approximate surface area is 208 Å². The van der Waals surface area contributed by atoms with Gasteiger partial charge in [-0.05, 0) is 19.1 Å². The molecule has 0 bridgehead atoms. The molecule has 0 aliphatic carbocycles. The van der Waals surface area contributed by atoms with Gasteiger partial charge in [-0.3, -0.25) is 24.6 Å². The number of nitrogens with one attached hydrogen (secondary N) is 1. The van der Waals surface area contributed by atoms with Crippen molar-refractivity contribution in [1.82, 2.24) is 34.6 Å². The van der Waals surface area contributed by atoms with Crippen molar-refractivity contribution in [3.8, 4) is 16.9 Å². The molecule has 1 aliphatic heterocycles. The molecule has 0 saturated heterocycles. The number of carbonyl (C=O) groups excluding carboxylic acids is 2. The van der Waals surface area contributed by atoms with Gasteiger partial charge >= 0.3 is 0 Å². The zero-order chi connectivity index (χ0) is 24.7. The van der Waals surface area contributed by atoms with E-state index in [4.69, 9.17) is 16.3 Å². The maximum absolute atomic E-state index is 13.2. The molecule has 0 spiro atoms. The average Bonchev–Trinajstić information content (AvgIpc) is 3.53. The van der Waals surface area contributed by atoms with Crippen LogP contribution in [0.15, 0.2) is 30.9 Å². The molecule has 178 valence electrons. The molecule has 11 nitrogen and oxygen atoms in total. The van der Waals surface area contributed by atoms with E-state index in [1.54, 1.807) is 24.1 Å². The molecule has 0 unspecified atom stereocenters. The Kier molecular flexibility index (Phi) is 5.91. The number of hydrogen-bond donors (Lipinski definition) is 1. The summed E-state index contributed by atoms with van der Waals surface area (Å²) >= 11 is 7.44. The van der Waals surface area contributed by atoms with Gasteiger partial charge in [0, 0.05) is 30.1 Å². The van der Waals surface area contributed by atoms with E-state index in [9.17, 15) is 9.59 Å². The van der Waals surface area contributed by atoms with Crippen LogP contribution in [-0.2, 0) is 20.1 Å². The van der Waals surface area contributed by atoms with E-state index in [1.165, 1.54) is 41.8 Å². The molecule has 13 heteroatoms. The average molecular weight is 511 g/mol. The highest BCUT2D eigenvalue weighted by Crippen LogP contribution is 2.35. The van der Waals surface area contributed by atoms with Crippen molar-refractivity contribution in [1.29, 1.82) is 0 Å². The Morgan fingerprint density at radius 1 is 1.14 bits per heavy atom. The largest absolute Gasteiger partial charge is 0.494 e. The van der Waals surface area contributed by atoms with Crippen molar-refractivity contribution in [2.24, 2.45) is 7.05 Å². The lowest BCUT2D eigenvalue weighted by atomic mass is 10.0. The Hall–Kier alpha value is -3.90. The molecule has 0 radical (unpaired) electrons. The normalized spacial score (nSPS) is 12.5. The Morgan fingerprint density at radius 2 is 1.97 bits per heavy atom. The van der Waals surface area contributed by atoms with Crippen LogP contribution < -0.4 is 10.1 Å². The van der Waals surface area contributed by atoms with Gasteiger partial charge in [-0.1, -0.05) is 22.9 Å². The quantitative estimate of drug-likeness (QED) is 0.405. The molecule has 5 rings (SSSR count). The smallest absolute Gasteiger partial charge is 0.294 e. The van der Waals surface area contributed by atoms with Gasteiger partial charge in [-0.15, -0.1) is 5.10 Å². The van der Waals surface area contributed by atoms with Crippen molar-refractivity contribution in [2.45, 2.75) is 20.0 Å². The van der Waals surface area contributed by atoms with E-state index in [0.29, 0.717) is 40.7 Å². The number of hydrogen-bond acceptors (Lipinski definition) is 9. The topological polar surface area (TPSA) is 128 Å². The van der Waals surface area contributed by atoms with Crippen LogP contribution in [0.4, 0.5) is 5.13 Å². The van der Waals surface area contributed by atoms with Crippen LogP contribution in [0, 0.1) is 6.92 Å². The molecule has 4 aromatic heterocycles. The molecule has 0 saturated carbocycles. The van der Waals surface area contributed by atoms with Crippen molar-refractivity contribution < 1.29 is 14.3 Å². The van der Waals surface area contributed by atoms with E-state index in [0.717, 1.165) is 16.3 Å². The van der Waals surface area contributed by atoms with E-state index in [2.05, 4.69) is 30.4 Å². The van der Waals surface area contributed by atoms with Gasteiger partial charge in [0.15, 0.2) is 5.13 Å². The fourth-order valence-corrected chi connectivity index (χ4v) is 4.87. The number of aryl methyl sites for hydroxylation is 2. The SMILES string of the molecule is COc1cnc(Cl)cc1-c1cc(C)ncc1C(=O)Nc1nc2c(s1)CN(C(=O)c1ncn(C)n1)C2. The molecule has 2 amide bonds. The number of rotatable bonds is 5. The monoisotopic (exact) mass is 510 g/mol. The molecule has 0 aromatic carbocycles. The second-order valence-electron chi connectivity index (χ2n) is 7.82. The first-order chi connectivity index (χ1) is 16.8. The number of thiazole rings is 1. The molecule has 5 heterocycles. The van der Waals surface area contributed by atoms with Crippen LogP contribution in [-0.4, -0.2) is 53.5 Å². The third kappa shape index (κ3) is 4.45. The first-order valence-corrected chi connectivity index (χ1v) is 11.6. The summed E-state index contributed by atoms with van der Waals surface area (Å²) in [5.74, 6) is -0.0149. The number of fused-ring (bicyclic) bond motifs is 1. The molecule has 35 heavy (non-hydrogen) atoms. The fourth-order valence-electron chi connectivity index (χ4n) is 3.73. The van der Waals surface area contributed by atoms with Crippen LogP contribution in [0.2, 0.25) is 5.15 Å². The number of anilines is 1. The van der Waals surface area contributed by atoms with E-state index >= 15 is 0 Å². The highest BCUT2D eigenvalue weighted by molar-refractivity contribution is 7.16. The highest BCUT2D eigenvalue weighted by Gasteiger charge is 2.30. The molecular formula is C22H19ClN8O3S. The standard InChI is InChI=1S/C22H19ClN8O3S/c1-11-4-12(13-5-18(23)25-7-16(13)34-3)14(6-24-11)20(32)28-22-27-15-8-31(9-17(15)35-22)21(33)19-26-10-30(2)29-19/h4-7,10H,8-9H2,1-3H3,(H,27,28,32). The minimum atomic E-state index is -0.375. The predicted molar refractivity (Wildman–Crippen MR) is 128 cm³/mol. The molecule has 1 N–H and O–H groups in total. The van der Waals surface area contributed by atoms with Gasteiger partial charge in [0.1, 0.15) is 17.2 Å². The number of methoxy groups -OCH3 is 1. The summed E-state index contributed by atoms with van der Waals surface area (Å²) in [6.45, 7) is 2.53. The number of halogens is 1. The molecular weight excluding hydrogens is 492 g/mol. The lowest BCUT2D eigenvalue weighted by Gasteiger charge is -2.14.